The van der Waals surface area contributed by atoms with Gasteiger partial charge in [0.25, 0.3) is 0 Å². The third-order valence-corrected chi connectivity index (χ3v) is 3.78. The Morgan fingerprint density at radius 2 is 1.95 bits per heavy atom. The number of halogens is 1. The molecule has 0 bridgehead atoms. The minimum Gasteiger partial charge on any atom is -0.399 e. The Balaban J connectivity index is 1.83. The molecule has 0 aliphatic carbocycles. The van der Waals surface area contributed by atoms with Crippen LogP contribution >= 0.6 is 11.6 Å². The molecule has 3 aromatic rings. The normalized spacial score (nSPS) is 10.7. The van der Waals surface area contributed by atoms with Crippen LogP contribution in [0.5, 0.6) is 0 Å². The van der Waals surface area contributed by atoms with Crippen LogP contribution in [0, 0.1) is 0 Å². The quantitative estimate of drug-likeness (QED) is 0.745. The first kappa shape index (κ1) is 13.7. The van der Waals surface area contributed by atoms with Gasteiger partial charge in [-0.15, -0.1) is 0 Å². The van der Waals surface area contributed by atoms with Crippen LogP contribution in [0.3, 0.4) is 0 Å². The van der Waals surface area contributed by atoms with Gasteiger partial charge in [-0.2, -0.15) is 0 Å². The van der Waals surface area contributed by atoms with Crippen LogP contribution in [0.1, 0.15) is 17.0 Å². The van der Waals surface area contributed by atoms with Crippen LogP contribution in [0.2, 0.25) is 5.02 Å². The van der Waals surface area contributed by atoms with Gasteiger partial charge in [-0.1, -0.05) is 41.9 Å². The molecule has 21 heavy (non-hydrogen) atoms. The molecule has 0 unspecified atom stereocenters. The Morgan fingerprint density at radius 1 is 1.10 bits per heavy atom. The number of hydrogen-bond donors (Lipinski definition) is 1. The Morgan fingerprint density at radius 3 is 2.76 bits per heavy atom. The van der Waals surface area contributed by atoms with Crippen molar-refractivity contribution in [3.8, 4) is 0 Å². The van der Waals surface area contributed by atoms with Gasteiger partial charge >= 0.3 is 0 Å². The van der Waals surface area contributed by atoms with Crippen LogP contribution in [0.4, 0.5) is 5.69 Å². The fourth-order valence-electron chi connectivity index (χ4n) is 2.35. The van der Waals surface area contributed by atoms with Gasteiger partial charge in [0.05, 0.1) is 0 Å². The van der Waals surface area contributed by atoms with Crippen LogP contribution in [-0.4, -0.2) is 9.55 Å². The highest BCUT2D eigenvalue weighted by Gasteiger charge is 2.07. The Kier molecular flexibility index (Phi) is 3.93. The molecule has 1 aromatic heterocycles. The maximum Gasteiger partial charge on any atom is 0.113 e. The molecule has 4 heteroatoms. The fourth-order valence-corrected chi connectivity index (χ4v) is 2.55. The van der Waals surface area contributed by atoms with Crippen LogP contribution in [0.25, 0.3) is 0 Å². The second-order valence-electron chi connectivity index (χ2n) is 4.98. The van der Waals surface area contributed by atoms with E-state index < -0.39 is 0 Å². The fraction of sp³-hybridized carbons (Fsp3) is 0.118. The molecule has 0 radical (unpaired) electrons. The molecule has 106 valence electrons. The van der Waals surface area contributed by atoms with E-state index in [-0.39, 0.29) is 0 Å². The lowest BCUT2D eigenvalue weighted by molar-refractivity contribution is 0.741. The lowest BCUT2D eigenvalue weighted by Gasteiger charge is -2.09. The molecule has 0 saturated carbocycles. The average molecular weight is 298 g/mol. The van der Waals surface area contributed by atoms with Gasteiger partial charge in [0.1, 0.15) is 5.82 Å². The number of imidazole rings is 1. The summed E-state index contributed by atoms with van der Waals surface area (Å²) in [6.07, 6.45) is 4.52. The number of aromatic nitrogens is 2. The Bertz CT molecular complexity index is 749. The monoisotopic (exact) mass is 297 g/mol. The van der Waals surface area contributed by atoms with Gasteiger partial charge < -0.3 is 10.3 Å². The number of nitrogens with zero attached hydrogens (tertiary/aromatic N) is 2. The number of nitrogen functional groups attached to an aromatic ring is 1. The molecule has 2 aromatic carbocycles. The molecule has 0 spiro atoms. The Hall–Kier alpha value is -2.26. The number of anilines is 1. The minimum absolute atomic E-state index is 0.717. The minimum atomic E-state index is 0.717. The summed E-state index contributed by atoms with van der Waals surface area (Å²) < 4.78 is 2.12. The molecule has 0 aliphatic heterocycles. The molecular formula is C17H16ClN3. The zero-order chi connectivity index (χ0) is 14.7. The first-order chi connectivity index (χ1) is 10.2. The second kappa shape index (κ2) is 6.02. The van der Waals surface area contributed by atoms with E-state index >= 15 is 0 Å². The van der Waals surface area contributed by atoms with Gasteiger partial charge in [0, 0.05) is 36.1 Å². The van der Waals surface area contributed by atoms with E-state index in [1.165, 1.54) is 0 Å². The zero-order valence-corrected chi connectivity index (χ0v) is 12.3. The first-order valence-electron chi connectivity index (χ1n) is 6.80. The van der Waals surface area contributed by atoms with Gasteiger partial charge in [-0.05, 0) is 29.3 Å². The van der Waals surface area contributed by atoms with Crippen LogP contribution in [-0.2, 0) is 13.0 Å². The maximum absolute atomic E-state index is 6.22. The smallest absolute Gasteiger partial charge is 0.113 e. The van der Waals surface area contributed by atoms with Crippen molar-refractivity contribution < 1.29 is 0 Å². The van der Waals surface area contributed by atoms with Crippen molar-refractivity contribution in [3.63, 3.8) is 0 Å². The third-order valence-electron chi connectivity index (χ3n) is 3.41. The summed E-state index contributed by atoms with van der Waals surface area (Å²) in [5.74, 6) is 0.991. The molecule has 3 rings (SSSR count). The van der Waals surface area contributed by atoms with E-state index in [0.29, 0.717) is 0 Å². The van der Waals surface area contributed by atoms with E-state index in [1.807, 2.05) is 54.9 Å². The summed E-state index contributed by atoms with van der Waals surface area (Å²) >= 11 is 6.22. The highest BCUT2D eigenvalue weighted by atomic mass is 35.5. The number of nitrogens with two attached hydrogens (primary N) is 1. The lowest BCUT2D eigenvalue weighted by Crippen LogP contribution is -2.05. The highest BCUT2D eigenvalue weighted by Crippen LogP contribution is 2.19. The highest BCUT2D eigenvalue weighted by molar-refractivity contribution is 6.31. The van der Waals surface area contributed by atoms with Gasteiger partial charge in [0.2, 0.25) is 0 Å². The molecule has 0 atom stereocenters. The summed E-state index contributed by atoms with van der Waals surface area (Å²) in [7, 11) is 0. The third kappa shape index (κ3) is 3.26. The summed E-state index contributed by atoms with van der Waals surface area (Å²) in [5, 5.41) is 0.774. The average Bonchev–Trinajstić information content (AvgIpc) is 2.89. The summed E-state index contributed by atoms with van der Waals surface area (Å²) in [6, 6.07) is 15.8. The number of benzene rings is 2. The second-order valence-corrected chi connectivity index (χ2v) is 5.39. The standard InChI is InChI=1S/C17H16ClN3/c18-16-7-2-1-5-14(16)11-17-20-8-9-21(17)12-13-4-3-6-15(19)10-13/h1-10H,11-12,19H2. The van der Waals surface area contributed by atoms with E-state index in [4.69, 9.17) is 17.3 Å². The van der Waals surface area contributed by atoms with Gasteiger partial charge in [0.15, 0.2) is 0 Å². The number of hydrogen-bond acceptors (Lipinski definition) is 2. The molecule has 0 aliphatic rings. The molecule has 0 saturated heterocycles. The van der Waals surface area contributed by atoms with Crippen LogP contribution in [0.15, 0.2) is 60.9 Å². The molecule has 2 N–H and O–H groups in total. The van der Waals surface area contributed by atoms with Gasteiger partial charge in [-0.25, -0.2) is 4.98 Å². The summed E-state index contributed by atoms with van der Waals surface area (Å²) in [5.41, 5.74) is 8.85. The van der Waals surface area contributed by atoms with Crippen molar-refractivity contribution in [3.05, 3.63) is 82.9 Å². The van der Waals surface area contributed by atoms with Crippen molar-refractivity contribution in [1.82, 2.24) is 9.55 Å². The van der Waals surface area contributed by atoms with E-state index in [0.717, 1.165) is 40.6 Å². The largest absolute Gasteiger partial charge is 0.399 e. The van der Waals surface area contributed by atoms with Crippen molar-refractivity contribution in [2.75, 3.05) is 5.73 Å². The number of rotatable bonds is 4. The van der Waals surface area contributed by atoms with E-state index in [2.05, 4.69) is 15.6 Å². The Labute approximate surface area is 129 Å². The molecular weight excluding hydrogens is 282 g/mol. The first-order valence-corrected chi connectivity index (χ1v) is 7.18. The SMILES string of the molecule is Nc1cccc(Cn2ccnc2Cc2ccccc2Cl)c1. The maximum atomic E-state index is 6.22. The molecule has 0 fully saturated rings. The van der Waals surface area contributed by atoms with Crippen LogP contribution < -0.4 is 5.73 Å². The summed E-state index contributed by atoms with van der Waals surface area (Å²) in [4.78, 5) is 4.44. The van der Waals surface area contributed by atoms with E-state index in [9.17, 15) is 0 Å². The zero-order valence-electron chi connectivity index (χ0n) is 11.5. The molecule has 1 heterocycles. The predicted molar refractivity (Wildman–Crippen MR) is 86.4 cm³/mol. The topological polar surface area (TPSA) is 43.8 Å². The van der Waals surface area contributed by atoms with Crippen molar-refractivity contribution in [2.24, 2.45) is 0 Å². The van der Waals surface area contributed by atoms with Crippen molar-refractivity contribution >= 4 is 17.3 Å². The molecule has 3 nitrogen and oxygen atoms in total. The van der Waals surface area contributed by atoms with Crippen molar-refractivity contribution in [2.45, 2.75) is 13.0 Å². The lowest BCUT2D eigenvalue weighted by atomic mass is 10.1. The van der Waals surface area contributed by atoms with Gasteiger partial charge in [-0.3, -0.25) is 0 Å². The molecule has 0 amide bonds. The predicted octanol–water partition coefficient (Wildman–Crippen LogP) is 3.76. The van der Waals surface area contributed by atoms with Crippen molar-refractivity contribution in [1.29, 1.82) is 0 Å². The summed E-state index contributed by atoms with van der Waals surface area (Å²) in [6.45, 7) is 0.755. The van der Waals surface area contributed by atoms with E-state index in [1.54, 1.807) is 0 Å².